The Labute approximate surface area is 136 Å². The fourth-order valence-corrected chi connectivity index (χ4v) is 3.05. The monoisotopic (exact) mass is 335 g/mol. The highest BCUT2D eigenvalue weighted by atomic mass is 32.2. The van der Waals surface area contributed by atoms with Crippen molar-refractivity contribution in [3.05, 3.63) is 53.3 Å². The fraction of sp³-hybridized carbons (Fsp3) is 0.312. The van der Waals surface area contributed by atoms with Gasteiger partial charge in [-0.15, -0.1) is 0 Å². The quantitative estimate of drug-likeness (QED) is 0.667. The molecule has 0 saturated heterocycles. The average molecular weight is 335 g/mol. The first-order valence-corrected chi connectivity index (χ1v) is 8.79. The Hall–Kier alpha value is -1.96. The Balaban J connectivity index is 1.81. The Kier molecular flexibility index (Phi) is 5.70. The predicted molar refractivity (Wildman–Crippen MR) is 88.7 cm³/mol. The van der Waals surface area contributed by atoms with E-state index in [1.54, 1.807) is 36.4 Å². The molecule has 124 valence electrons. The summed E-state index contributed by atoms with van der Waals surface area (Å²) >= 11 is 0. The molecule has 1 heterocycles. The van der Waals surface area contributed by atoms with Crippen molar-refractivity contribution in [2.75, 3.05) is 13.1 Å². The van der Waals surface area contributed by atoms with Crippen LogP contribution in [0.2, 0.25) is 0 Å². The molecule has 1 aromatic heterocycles. The summed E-state index contributed by atoms with van der Waals surface area (Å²) in [5.74, 6) is 0.128. The van der Waals surface area contributed by atoms with E-state index in [0.29, 0.717) is 18.8 Å². The number of nitrogens with zero attached hydrogens (tertiary/aromatic N) is 1. The van der Waals surface area contributed by atoms with E-state index < -0.39 is 10.0 Å². The molecule has 0 spiro atoms. The first kappa shape index (κ1) is 17.4. The Morgan fingerprint density at radius 3 is 2.43 bits per heavy atom. The smallest absolute Gasteiger partial charge is 0.240 e. The van der Waals surface area contributed by atoms with Crippen LogP contribution in [0.25, 0.3) is 0 Å². The van der Waals surface area contributed by atoms with Gasteiger partial charge in [0.15, 0.2) is 0 Å². The summed E-state index contributed by atoms with van der Waals surface area (Å²) in [5.41, 5.74) is 2.38. The highest BCUT2D eigenvalue weighted by molar-refractivity contribution is 7.89. The minimum Gasteiger partial charge on any atom is -0.506 e. The number of benzene rings is 1. The molecule has 1 aromatic carbocycles. The van der Waals surface area contributed by atoms with Gasteiger partial charge in [0.05, 0.1) is 10.6 Å². The van der Waals surface area contributed by atoms with Crippen LogP contribution in [0.15, 0.2) is 41.3 Å². The Bertz CT molecular complexity index is 759. The molecule has 0 atom stereocenters. The molecular weight excluding hydrogens is 314 g/mol. The van der Waals surface area contributed by atoms with Crippen LogP contribution < -0.4 is 10.0 Å². The number of pyridine rings is 1. The Morgan fingerprint density at radius 1 is 1.04 bits per heavy atom. The lowest BCUT2D eigenvalue weighted by atomic mass is 10.2. The average Bonchev–Trinajstić information content (AvgIpc) is 2.50. The summed E-state index contributed by atoms with van der Waals surface area (Å²) in [5, 5.41) is 12.7. The van der Waals surface area contributed by atoms with Crippen LogP contribution in [-0.4, -0.2) is 31.6 Å². The van der Waals surface area contributed by atoms with E-state index in [0.717, 1.165) is 11.3 Å². The summed E-state index contributed by atoms with van der Waals surface area (Å²) in [6, 6.07) is 10.0. The standard InChI is InChI=1S/C16H21N3O3S/c1-12-3-6-14(7-4-12)23(21,22)18-10-9-17-11-15-16(20)8-5-13(2)19-15/h3-8,17-18,20H,9-11H2,1-2H3. The van der Waals surface area contributed by atoms with Gasteiger partial charge in [-0.05, 0) is 38.1 Å². The van der Waals surface area contributed by atoms with E-state index >= 15 is 0 Å². The molecule has 23 heavy (non-hydrogen) atoms. The Morgan fingerprint density at radius 2 is 1.74 bits per heavy atom. The van der Waals surface area contributed by atoms with E-state index in [9.17, 15) is 13.5 Å². The van der Waals surface area contributed by atoms with Gasteiger partial charge in [0, 0.05) is 25.3 Å². The van der Waals surface area contributed by atoms with Crippen LogP contribution in [0, 0.1) is 13.8 Å². The number of hydrogen-bond acceptors (Lipinski definition) is 5. The first-order chi connectivity index (χ1) is 10.9. The number of sulfonamides is 1. The van der Waals surface area contributed by atoms with E-state index in [2.05, 4.69) is 15.0 Å². The molecule has 0 aliphatic carbocycles. The van der Waals surface area contributed by atoms with Crippen molar-refractivity contribution in [1.29, 1.82) is 0 Å². The van der Waals surface area contributed by atoms with E-state index in [-0.39, 0.29) is 17.2 Å². The van der Waals surface area contributed by atoms with Crippen molar-refractivity contribution in [2.24, 2.45) is 0 Å². The molecule has 6 nitrogen and oxygen atoms in total. The van der Waals surface area contributed by atoms with Gasteiger partial charge in [-0.25, -0.2) is 13.1 Å². The first-order valence-electron chi connectivity index (χ1n) is 7.31. The summed E-state index contributed by atoms with van der Waals surface area (Å²) < 4.78 is 26.7. The normalized spacial score (nSPS) is 11.6. The van der Waals surface area contributed by atoms with E-state index in [4.69, 9.17) is 0 Å². The van der Waals surface area contributed by atoms with Gasteiger partial charge in [0.1, 0.15) is 5.75 Å². The minimum absolute atomic E-state index is 0.128. The lowest BCUT2D eigenvalue weighted by Gasteiger charge is -2.09. The summed E-state index contributed by atoms with van der Waals surface area (Å²) in [4.78, 5) is 4.47. The molecule has 0 bridgehead atoms. The van der Waals surface area contributed by atoms with Crippen LogP contribution in [-0.2, 0) is 16.6 Å². The molecule has 0 unspecified atom stereocenters. The maximum Gasteiger partial charge on any atom is 0.240 e. The van der Waals surface area contributed by atoms with Crippen molar-refractivity contribution in [2.45, 2.75) is 25.3 Å². The largest absolute Gasteiger partial charge is 0.506 e. The highest BCUT2D eigenvalue weighted by Crippen LogP contribution is 2.14. The van der Waals surface area contributed by atoms with Crippen molar-refractivity contribution < 1.29 is 13.5 Å². The number of aromatic nitrogens is 1. The number of nitrogens with one attached hydrogen (secondary N) is 2. The zero-order chi connectivity index (χ0) is 16.9. The number of rotatable bonds is 7. The van der Waals surface area contributed by atoms with Gasteiger partial charge < -0.3 is 10.4 Å². The minimum atomic E-state index is -3.49. The molecule has 2 aromatic rings. The molecule has 0 saturated carbocycles. The molecule has 0 aliphatic heterocycles. The van der Waals surface area contributed by atoms with Gasteiger partial charge in [0.2, 0.25) is 10.0 Å². The molecule has 0 amide bonds. The van der Waals surface area contributed by atoms with Gasteiger partial charge in [-0.2, -0.15) is 0 Å². The second kappa shape index (κ2) is 7.54. The number of hydrogen-bond donors (Lipinski definition) is 3. The maximum atomic E-state index is 12.1. The van der Waals surface area contributed by atoms with Crippen molar-refractivity contribution in [3.63, 3.8) is 0 Å². The molecule has 2 rings (SSSR count). The summed E-state index contributed by atoms with van der Waals surface area (Å²) in [7, 11) is -3.49. The van der Waals surface area contributed by atoms with Crippen LogP contribution in [0.1, 0.15) is 17.0 Å². The third kappa shape index (κ3) is 5.02. The van der Waals surface area contributed by atoms with Crippen LogP contribution in [0.3, 0.4) is 0 Å². The van der Waals surface area contributed by atoms with Gasteiger partial charge >= 0.3 is 0 Å². The van der Waals surface area contributed by atoms with Gasteiger partial charge in [-0.1, -0.05) is 17.7 Å². The second-order valence-corrected chi connectivity index (χ2v) is 7.07. The molecule has 0 radical (unpaired) electrons. The molecule has 3 N–H and O–H groups in total. The topological polar surface area (TPSA) is 91.3 Å². The summed E-state index contributed by atoms with van der Waals surface area (Å²) in [6.07, 6.45) is 0. The molecule has 7 heteroatoms. The van der Waals surface area contributed by atoms with Gasteiger partial charge in [-0.3, -0.25) is 4.98 Å². The predicted octanol–water partition coefficient (Wildman–Crippen LogP) is 1.47. The number of aryl methyl sites for hydroxylation is 2. The zero-order valence-corrected chi connectivity index (χ0v) is 14.0. The van der Waals surface area contributed by atoms with Gasteiger partial charge in [0.25, 0.3) is 0 Å². The number of aromatic hydroxyl groups is 1. The van der Waals surface area contributed by atoms with Crippen LogP contribution >= 0.6 is 0 Å². The van der Waals surface area contributed by atoms with Crippen molar-refractivity contribution in [3.8, 4) is 5.75 Å². The lowest BCUT2D eigenvalue weighted by Crippen LogP contribution is -2.31. The summed E-state index contributed by atoms with van der Waals surface area (Å²) in [6.45, 7) is 4.81. The second-order valence-electron chi connectivity index (χ2n) is 5.31. The van der Waals surface area contributed by atoms with Crippen molar-refractivity contribution in [1.82, 2.24) is 15.0 Å². The highest BCUT2D eigenvalue weighted by Gasteiger charge is 2.12. The fourth-order valence-electron chi connectivity index (χ4n) is 2.01. The third-order valence-electron chi connectivity index (χ3n) is 3.31. The van der Waals surface area contributed by atoms with E-state index in [1.807, 2.05) is 13.8 Å². The van der Waals surface area contributed by atoms with Crippen molar-refractivity contribution >= 4 is 10.0 Å². The van der Waals surface area contributed by atoms with E-state index in [1.165, 1.54) is 0 Å². The molecular formula is C16H21N3O3S. The zero-order valence-electron chi connectivity index (χ0n) is 13.2. The molecule has 0 aliphatic rings. The molecule has 0 fully saturated rings. The van der Waals surface area contributed by atoms with Crippen LogP contribution in [0.4, 0.5) is 0 Å². The SMILES string of the molecule is Cc1ccc(S(=O)(=O)NCCNCc2nc(C)ccc2O)cc1. The van der Waals surface area contributed by atoms with Crippen LogP contribution in [0.5, 0.6) is 5.75 Å². The third-order valence-corrected chi connectivity index (χ3v) is 4.78. The lowest BCUT2D eigenvalue weighted by molar-refractivity contribution is 0.459. The maximum absolute atomic E-state index is 12.1.